The first-order chi connectivity index (χ1) is 16.4. The first-order valence-electron chi connectivity index (χ1n) is 11.0. The Morgan fingerprint density at radius 2 is 1.66 bits per heavy atom. The summed E-state index contributed by atoms with van der Waals surface area (Å²) in [7, 11) is 0. The molecule has 3 heterocycles. The second-order valence-corrected chi connectivity index (χ2v) is 8.89. The number of alkyl halides is 3. The van der Waals surface area contributed by atoms with Gasteiger partial charge in [-0.3, -0.25) is 14.4 Å². The standard InChI is InChI=1S/C22H16F3N3O3.C3H8O/c23-22(24,25)12-5-3-6-13(10-12)28-20(30)15-16(21(28)31)18(19(26)29)27-9-8-11-4-1-2-7-14(11)17(15)27;1-3(2)4/h1-10,15-18H,(H2,26,29);3-4H,1-2H3. The number of hydrogen-bond donors (Lipinski definition) is 2. The van der Waals surface area contributed by atoms with Gasteiger partial charge in [-0.15, -0.1) is 0 Å². The Labute approximate surface area is 199 Å². The van der Waals surface area contributed by atoms with E-state index in [1.165, 1.54) is 6.07 Å². The summed E-state index contributed by atoms with van der Waals surface area (Å²) in [4.78, 5) is 41.4. The summed E-state index contributed by atoms with van der Waals surface area (Å²) in [5, 5.41) is 8.06. The number of rotatable bonds is 2. The Morgan fingerprint density at radius 1 is 1.03 bits per heavy atom. The largest absolute Gasteiger partial charge is 0.416 e. The van der Waals surface area contributed by atoms with Gasteiger partial charge in [0, 0.05) is 12.3 Å². The second kappa shape index (κ2) is 8.84. The average Bonchev–Trinajstić information content (AvgIpc) is 3.26. The summed E-state index contributed by atoms with van der Waals surface area (Å²) in [5.41, 5.74) is 6.06. The maximum Gasteiger partial charge on any atom is 0.416 e. The molecule has 2 aromatic carbocycles. The minimum atomic E-state index is -4.63. The molecule has 10 heteroatoms. The number of amides is 3. The monoisotopic (exact) mass is 487 g/mol. The van der Waals surface area contributed by atoms with Crippen LogP contribution in [-0.4, -0.2) is 39.9 Å². The van der Waals surface area contributed by atoms with E-state index in [1.54, 1.807) is 37.1 Å². The minimum absolute atomic E-state index is 0.167. The molecule has 3 amide bonds. The molecule has 184 valence electrons. The SMILES string of the molecule is CC(C)O.NC(=O)C1C2C(=O)N(c3cccc(C(F)(F)F)c3)C(=O)C2C2c3ccccc3C=CN12. The summed E-state index contributed by atoms with van der Waals surface area (Å²) in [6.45, 7) is 3.44. The molecule has 0 spiro atoms. The fourth-order valence-corrected chi connectivity index (χ4v) is 4.96. The van der Waals surface area contributed by atoms with Gasteiger partial charge in [-0.05, 0) is 49.2 Å². The number of nitrogens with two attached hydrogens (primary N) is 1. The predicted molar refractivity (Wildman–Crippen MR) is 121 cm³/mol. The zero-order valence-electron chi connectivity index (χ0n) is 18.9. The molecular formula is C25H24F3N3O4. The Bertz CT molecular complexity index is 1210. The van der Waals surface area contributed by atoms with Crippen molar-refractivity contribution in [2.75, 3.05) is 4.90 Å². The van der Waals surface area contributed by atoms with E-state index in [0.29, 0.717) is 0 Å². The molecule has 3 aliphatic heterocycles. The molecule has 2 saturated heterocycles. The van der Waals surface area contributed by atoms with Gasteiger partial charge in [0.15, 0.2) is 0 Å². The second-order valence-electron chi connectivity index (χ2n) is 8.89. The van der Waals surface area contributed by atoms with Crippen LogP contribution in [0.2, 0.25) is 0 Å². The zero-order valence-corrected chi connectivity index (χ0v) is 18.9. The highest BCUT2D eigenvalue weighted by Gasteiger charge is 2.64. The molecule has 4 atom stereocenters. The van der Waals surface area contributed by atoms with Crippen molar-refractivity contribution < 1.29 is 32.7 Å². The van der Waals surface area contributed by atoms with Crippen LogP contribution in [0.25, 0.3) is 6.08 Å². The first-order valence-corrected chi connectivity index (χ1v) is 11.0. The number of fused-ring (bicyclic) bond motifs is 5. The van der Waals surface area contributed by atoms with Crippen LogP contribution in [0.1, 0.15) is 36.6 Å². The number of hydrogen-bond acceptors (Lipinski definition) is 5. The number of primary amides is 1. The molecule has 2 aromatic rings. The van der Waals surface area contributed by atoms with Gasteiger partial charge in [-0.1, -0.05) is 30.3 Å². The number of carbonyl (C=O) groups is 3. The topological polar surface area (TPSA) is 104 Å². The molecule has 2 fully saturated rings. The lowest BCUT2D eigenvalue weighted by Crippen LogP contribution is -2.46. The molecule has 7 nitrogen and oxygen atoms in total. The van der Waals surface area contributed by atoms with Crippen LogP contribution in [0.5, 0.6) is 0 Å². The highest BCUT2D eigenvalue weighted by Crippen LogP contribution is 2.53. The number of benzene rings is 2. The normalized spacial score (nSPS) is 24.7. The van der Waals surface area contributed by atoms with Gasteiger partial charge in [-0.25, -0.2) is 4.90 Å². The van der Waals surface area contributed by atoms with Gasteiger partial charge in [0.25, 0.3) is 0 Å². The van der Waals surface area contributed by atoms with Crippen LogP contribution in [0.3, 0.4) is 0 Å². The van der Waals surface area contributed by atoms with Crippen molar-refractivity contribution in [1.82, 2.24) is 4.90 Å². The number of aliphatic hydroxyl groups is 1. The van der Waals surface area contributed by atoms with Crippen LogP contribution in [-0.2, 0) is 20.6 Å². The third-order valence-corrected chi connectivity index (χ3v) is 6.18. The summed E-state index contributed by atoms with van der Waals surface area (Å²) in [6, 6.07) is 9.63. The Kier molecular flexibility index (Phi) is 6.18. The number of anilines is 1. The van der Waals surface area contributed by atoms with Gasteiger partial charge in [0.1, 0.15) is 6.04 Å². The van der Waals surface area contributed by atoms with Gasteiger partial charge >= 0.3 is 6.18 Å². The van der Waals surface area contributed by atoms with E-state index >= 15 is 0 Å². The summed E-state index contributed by atoms with van der Waals surface area (Å²) < 4.78 is 39.5. The third-order valence-electron chi connectivity index (χ3n) is 6.18. The molecule has 4 unspecified atom stereocenters. The Morgan fingerprint density at radius 3 is 2.29 bits per heavy atom. The smallest absolute Gasteiger partial charge is 0.394 e. The van der Waals surface area contributed by atoms with Gasteiger partial charge in [0.2, 0.25) is 17.7 Å². The van der Waals surface area contributed by atoms with Crippen molar-refractivity contribution in [3.05, 3.63) is 71.4 Å². The minimum Gasteiger partial charge on any atom is -0.394 e. The lowest BCUT2D eigenvalue weighted by atomic mass is 9.84. The van der Waals surface area contributed by atoms with E-state index < -0.39 is 53.4 Å². The van der Waals surface area contributed by atoms with E-state index in [2.05, 4.69) is 0 Å². The average molecular weight is 487 g/mol. The molecule has 3 aliphatic rings. The van der Waals surface area contributed by atoms with E-state index in [9.17, 15) is 27.6 Å². The van der Waals surface area contributed by atoms with E-state index in [0.717, 1.165) is 34.2 Å². The third kappa shape index (κ3) is 4.18. The quantitative estimate of drug-likeness (QED) is 0.634. The van der Waals surface area contributed by atoms with Crippen molar-refractivity contribution in [2.24, 2.45) is 17.6 Å². The Balaban J connectivity index is 0.000000672. The van der Waals surface area contributed by atoms with Crippen LogP contribution in [0.15, 0.2) is 54.7 Å². The van der Waals surface area contributed by atoms with Crippen LogP contribution >= 0.6 is 0 Å². The van der Waals surface area contributed by atoms with E-state index in [-0.39, 0.29) is 11.8 Å². The van der Waals surface area contributed by atoms with Crippen LogP contribution in [0.4, 0.5) is 18.9 Å². The summed E-state index contributed by atoms with van der Waals surface area (Å²) in [5.74, 6) is -4.16. The Hall–Kier alpha value is -3.66. The number of aliphatic hydroxyl groups excluding tert-OH is 1. The van der Waals surface area contributed by atoms with Gasteiger partial charge in [-0.2, -0.15) is 13.2 Å². The van der Waals surface area contributed by atoms with Gasteiger partial charge < -0.3 is 15.7 Å². The van der Waals surface area contributed by atoms with Crippen molar-refractivity contribution >= 4 is 29.5 Å². The summed E-state index contributed by atoms with van der Waals surface area (Å²) in [6.07, 6.45) is -1.37. The van der Waals surface area contributed by atoms with Crippen molar-refractivity contribution in [2.45, 2.75) is 38.2 Å². The predicted octanol–water partition coefficient (Wildman–Crippen LogP) is 3.09. The fraction of sp³-hybridized carbons (Fsp3) is 0.320. The molecule has 0 saturated carbocycles. The zero-order chi connectivity index (χ0) is 25.7. The van der Waals surface area contributed by atoms with Crippen LogP contribution in [0, 0.1) is 11.8 Å². The van der Waals surface area contributed by atoms with Crippen LogP contribution < -0.4 is 10.6 Å². The van der Waals surface area contributed by atoms with Crippen molar-refractivity contribution in [1.29, 1.82) is 0 Å². The molecule has 3 N–H and O–H groups in total. The van der Waals surface area contributed by atoms with Gasteiger partial charge in [0.05, 0.1) is 29.1 Å². The molecule has 35 heavy (non-hydrogen) atoms. The molecule has 0 aliphatic carbocycles. The first kappa shape index (κ1) is 24.5. The number of imide groups is 1. The fourth-order valence-electron chi connectivity index (χ4n) is 4.96. The van der Waals surface area contributed by atoms with Crippen molar-refractivity contribution in [3.8, 4) is 0 Å². The lowest BCUT2D eigenvalue weighted by Gasteiger charge is -2.34. The number of halogens is 3. The van der Waals surface area contributed by atoms with E-state index in [4.69, 9.17) is 10.8 Å². The highest BCUT2D eigenvalue weighted by molar-refractivity contribution is 6.24. The lowest BCUT2D eigenvalue weighted by molar-refractivity contribution is -0.137. The molecule has 0 radical (unpaired) electrons. The summed E-state index contributed by atoms with van der Waals surface area (Å²) >= 11 is 0. The maximum absolute atomic E-state index is 13.4. The van der Waals surface area contributed by atoms with Crippen molar-refractivity contribution in [3.63, 3.8) is 0 Å². The number of nitrogens with zero attached hydrogens (tertiary/aromatic N) is 2. The molecular weight excluding hydrogens is 463 g/mol. The number of carbonyl (C=O) groups excluding carboxylic acids is 3. The van der Waals surface area contributed by atoms with E-state index in [1.807, 2.05) is 18.2 Å². The molecule has 0 aromatic heterocycles. The highest BCUT2D eigenvalue weighted by atomic mass is 19.4. The maximum atomic E-state index is 13.4. The molecule has 5 rings (SSSR count). The molecule has 0 bridgehead atoms.